The quantitative estimate of drug-likeness (QED) is 0.639. The van der Waals surface area contributed by atoms with E-state index < -0.39 is 4.92 Å². The molecule has 0 bridgehead atoms. The summed E-state index contributed by atoms with van der Waals surface area (Å²) >= 11 is 0. The highest BCUT2D eigenvalue weighted by Gasteiger charge is 2.29. The van der Waals surface area contributed by atoms with Gasteiger partial charge in [0.05, 0.1) is 11.5 Å². The van der Waals surface area contributed by atoms with Gasteiger partial charge in [-0.1, -0.05) is 11.2 Å². The second kappa shape index (κ2) is 5.49. The smallest absolute Gasteiger partial charge is 0.311 e. The number of benzene rings is 1. The highest BCUT2D eigenvalue weighted by atomic mass is 16.6. The molecule has 1 aliphatic carbocycles. The van der Waals surface area contributed by atoms with E-state index in [1.54, 1.807) is 6.07 Å². The van der Waals surface area contributed by atoms with Gasteiger partial charge in [-0.05, 0) is 24.5 Å². The topological polar surface area (TPSA) is 112 Å². The van der Waals surface area contributed by atoms with Crippen molar-refractivity contribution in [1.29, 1.82) is 0 Å². The predicted octanol–water partition coefficient (Wildman–Crippen LogP) is 1.93. The first-order valence-corrected chi connectivity index (χ1v) is 6.51. The van der Waals surface area contributed by atoms with Crippen LogP contribution in [0.5, 0.6) is 5.75 Å². The van der Waals surface area contributed by atoms with Gasteiger partial charge in [0.1, 0.15) is 0 Å². The van der Waals surface area contributed by atoms with Gasteiger partial charge in [0.2, 0.25) is 11.7 Å². The first kappa shape index (κ1) is 13.5. The lowest BCUT2D eigenvalue weighted by atomic mass is 10.2. The molecule has 1 aromatic heterocycles. The largest absolute Gasteiger partial charge is 0.478 e. The normalized spacial score (nSPS) is 14.1. The maximum Gasteiger partial charge on any atom is 0.311 e. The SMILES string of the molecule is O=[N+]([O-])c1cc(CO)ccc1OCc1noc(C2CC2)n1. The van der Waals surface area contributed by atoms with Crippen LogP contribution in [0.15, 0.2) is 22.7 Å². The van der Waals surface area contributed by atoms with Crippen molar-refractivity contribution in [1.82, 2.24) is 10.1 Å². The molecule has 0 spiro atoms. The van der Waals surface area contributed by atoms with E-state index in [2.05, 4.69) is 10.1 Å². The van der Waals surface area contributed by atoms with E-state index in [0.717, 1.165) is 12.8 Å². The zero-order chi connectivity index (χ0) is 14.8. The molecule has 0 radical (unpaired) electrons. The molecular formula is C13H13N3O5. The maximum absolute atomic E-state index is 11.0. The van der Waals surface area contributed by atoms with Crippen LogP contribution >= 0.6 is 0 Å². The molecule has 1 fully saturated rings. The van der Waals surface area contributed by atoms with Crippen LogP contribution in [0.2, 0.25) is 0 Å². The number of hydrogen-bond donors (Lipinski definition) is 1. The summed E-state index contributed by atoms with van der Waals surface area (Å²) in [6.07, 6.45) is 2.10. The number of nitro groups is 1. The lowest BCUT2D eigenvalue weighted by Crippen LogP contribution is -2.01. The number of rotatable bonds is 6. The average molecular weight is 291 g/mol. The van der Waals surface area contributed by atoms with E-state index in [9.17, 15) is 10.1 Å². The van der Waals surface area contributed by atoms with Gasteiger partial charge in [-0.2, -0.15) is 4.98 Å². The molecule has 21 heavy (non-hydrogen) atoms. The second-order valence-electron chi connectivity index (χ2n) is 4.83. The molecule has 1 aliphatic rings. The Morgan fingerprint density at radius 2 is 2.29 bits per heavy atom. The van der Waals surface area contributed by atoms with Crippen LogP contribution in [0.3, 0.4) is 0 Å². The Morgan fingerprint density at radius 3 is 2.95 bits per heavy atom. The summed E-state index contributed by atoms with van der Waals surface area (Å²) in [6, 6.07) is 4.29. The molecule has 1 heterocycles. The maximum atomic E-state index is 11.0. The van der Waals surface area contributed by atoms with Crippen molar-refractivity contribution in [3.8, 4) is 5.75 Å². The van der Waals surface area contributed by atoms with E-state index in [4.69, 9.17) is 14.4 Å². The Balaban J connectivity index is 1.72. The minimum Gasteiger partial charge on any atom is -0.478 e. The molecule has 0 aliphatic heterocycles. The van der Waals surface area contributed by atoms with E-state index in [0.29, 0.717) is 23.2 Å². The number of aliphatic hydroxyl groups excluding tert-OH is 1. The molecule has 0 amide bonds. The summed E-state index contributed by atoms with van der Waals surface area (Å²) in [5, 5.41) is 23.8. The fourth-order valence-corrected chi connectivity index (χ4v) is 1.89. The van der Waals surface area contributed by atoms with Crippen LogP contribution in [0.4, 0.5) is 5.69 Å². The van der Waals surface area contributed by atoms with Gasteiger partial charge >= 0.3 is 5.69 Å². The Bertz CT molecular complexity index is 666. The van der Waals surface area contributed by atoms with E-state index in [1.807, 2.05) is 0 Å². The number of ether oxygens (including phenoxy) is 1. The molecule has 1 saturated carbocycles. The molecule has 0 saturated heterocycles. The van der Waals surface area contributed by atoms with E-state index in [-0.39, 0.29) is 24.7 Å². The molecular weight excluding hydrogens is 278 g/mol. The number of aromatic nitrogens is 2. The monoisotopic (exact) mass is 291 g/mol. The van der Waals surface area contributed by atoms with Crippen molar-refractivity contribution in [2.45, 2.75) is 32.0 Å². The number of hydrogen-bond acceptors (Lipinski definition) is 7. The van der Waals surface area contributed by atoms with Crippen molar-refractivity contribution in [3.63, 3.8) is 0 Å². The molecule has 2 aromatic rings. The lowest BCUT2D eigenvalue weighted by Gasteiger charge is -2.05. The zero-order valence-corrected chi connectivity index (χ0v) is 11.1. The Kier molecular flexibility index (Phi) is 3.53. The van der Waals surface area contributed by atoms with Gasteiger partial charge in [-0.3, -0.25) is 10.1 Å². The Morgan fingerprint density at radius 1 is 1.48 bits per heavy atom. The van der Waals surface area contributed by atoms with Gasteiger partial charge in [-0.25, -0.2) is 0 Å². The van der Waals surface area contributed by atoms with Crippen LogP contribution in [-0.4, -0.2) is 20.2 Å². The summed E-state index contributed by atoms with van der Waals surface area (Å²) < 4.78 is 10.5. The van der Waals surface area contributed by atoms with Crippen molar-refractivity contribution in [2.75, 3.05) is 0 Å². The first-order valence-electron chi connectivity index (χ1n) is 6.51. The first-order chi connectivity index (χ1) is 10.2. The molecule has 110 valence electrons. The minimum atomic E-state index is -0.555. The summed E-state index contributed by atoms with van der Waals surface area (Å²) in [7, 11) is 0. The van der Waals surface area contributed by atoms with Crippen LogP contribution in [-0.2, 0) is 13.2 Å². The molecule has 1 aromatic carbocycles. The number of nitrogens with zero attached hydrogens (tertiary/aromatic N) is 3. The standard InChI is InChI=1S/C13H13N3O5/c17-6-8-1-4-11(10(5-8)16(18)19)20-7-12-14-13(21-15-12)9-2-3-9/h1,4-5,9,17H,2-3,6-7H2. The second-order valence-corrected chi connectivity index (χ2v) is 4.83. The zero-order valence-electron chi connectivity index (χ0n) is 11.1. The number of aliphatic hydroxyl groups is 1. The minimum absolute atomic E-state index is 0.00443. The van der Waals surface area contributed by atoms with Gasteiger partial charge in [0.15, 0.2) is 12.4 Å². The third kappa shape index (κ3) is 3.00. The van der Waals surface area contributed by atoms with Crippen LogP contribution in [0, 0.1) is 10.1 Å². The Labute approximate surface area is 119 Å². The van der Waals surface area contributed by atoms with Crippen LogP contribution in [0.25, 0.3) is 0 Å². The fourth-order valence-electron chi connectivity index (χ4n) is 1.89. The van der Waals surface area contributed by atoms with Crippen LogP contribution < -0.4 is 4.74 Å². The number of nitro benzene ring substituents is 1. The molecule has 8 heteroatoms. The van der Waals surface area contributed by atoms with Crippen molar-refractivity contribution < 1.29 is 19.3 Å². The van der Waals surface area contributed by atoms with Crippen molar-refractivity contribution >= 4 is 5.69 Å². The average Bonchev–Trinajstić information content (AvgIpc) is 3.24. The van der Waals surface area contributed by atoms with E-state index in [1.165, 1.54) is 12.1 Å². The molecule has 0 unspecified atom stereocenters. The van der Waals surface area contributed by atoms with Crippen molar-refractivity contribution in [2.24, 2.45) is 0 Å². The Hall–Kier alpha value is -2.48. The predicted molar refractivity (Wildman–Crippen MR) is 69.6 cm³/mol. The van der Waals surface area contributed by atoms with Gasteiger partial charge < -0.3 is 14.4 Å². The third-order valence-corrected chi connectivity index (χ3v) is 3.17. The molecule has 8 nitrogen and oxygen atoms in total. The lowest BCUT2D eigenvalue weighted by molar-refractivity contribution is -0.386. The molecule has 0 atom stereocenters. The van der Waals surface area contributed by atoms with Crippen LogP contribution in [0.1, 0.15) is 36.0 Å². The van der Waals surface area contributed by atoms with Crippen molar-refractivity contribution in [3.05, 3.63) is 45.6 Å². The summed E-state index contributed by atoms with van der Waals surface area (Å²) in [5.41, 5.74) is 0.247. The highest BCUT2D eigenvalue weighted by molar-refractivity contribution is 5.48. The molecule has 1 N–H and O–H groups in total. The van der Waals surface area contributed by atoms with Gasteiger partial charge in [0, 0.05) is 12.0 Å². The summed E-state index contributed by atoms with van der Waals surface area (Å²) in [5.74, 6) is 1.41. The highest BCUT2D eigenvalue weighted by Crippen LogP contribution is 2.38. The van der Waals surface area contributed by atoms with Gasteiger partial charge in [0.25, 0.3) is 0 Å². The van der Waals surface area contributed by atoms with E-state index >= 15 is 0 Å². The molecule has 3 rings (SSSR count). The fraction of sp³-hybridized carbons (Fsp3) is 0.385. The third-order valence-electron chi connectivity index (χ3n) is 3.17. The summed E-state index contributed by atoms with van der Waals surface area (Å²) in [4.78, 5) is 14.6. The van der Waals surface area contributed by atoms with Gasteiger partial charge in [-0.15, -0.1) is 0 Å². The summed E-state index contributed by atoms with van der Waals surface area (Å²) in [6.45, 7) is -0.272.